The Labute approximate surface area is 199 Å². The summed E-state index contributed by atoms with van der Waals surface area (Å²) in [6.07, 6.45) is 2.98. The molecule has 180 valence electrons. The van der Waals surface area contributed by atoms with Crippen LogP contribution < -0.4 is 23.7 Å². The number of hydrogen-bond acceptors (Lipinski definition) is 7. The molecule has 34 heavy (non-hydrogen) atoms. The predicted octanol–water partition coefficient (Wildman–Crippen LogP) is 3.67. The number of Topliss-reactive ketones (excluding diaryl/α,β-unsaturated/α-hetero) is 1. The molecule has 0 aromatic heterocycles. The van der Waals surface area contributed by atoms with E-state index in [0.29, 0.717) is 66.8 Å². The number of para-hydroxylation sites is 2. The summed E-state index contributed by atoms with van der Waals surface area (Å²) in [4.78, 5) is 27.5. The van der Waals surface area contributed by atoms with E-state index in [1.165, 1.54) is 7.11 Å². The number of carbonyl (C=O) groups is 2. The first-order valence-electron chi connectivity index (χ1n) is 11.2. The Bertz CT molecular complexity index is 1070. The standard InChI is InChI=1S/C26H29NO7/c1-4-13-32-20-7-5-6-8-21(20)33-17-24(29)27-11-9-26(10-12-27)16-19(28)25-22(31-3)14-18(30-2)15-23(25)34-26/h4-8,14-15H,1,9-13,16-17H2,2-3H3. The molecule has 0 radical (unpaired) electrons. The maximum Gasteiger partial charge on any atom is 0.260 e. The van der Waals surface area contributed by atoms with Crippen molar-refractivity contribution in [2.75, 3.05) is 40.5 Å². The fourth-order valence-corrected chi connectivity index (χ4v) is 4.36. The number of ether oxygens (including phenoxy) is 5. The van der Waals surface area contributed by atoms with Crippen LogP contribution in [-0.4, -0.2) is 62.7 Å². The lowest BCUT2D eigenvalue weighted by atomic mass is 9.82. The van der Waals surface area contributed by atoms with Crippen molar-refractivity contribution in [3.05, 3.63) is 54.6 Å². The number of piperidine rings is 1. The Balaban J connectivity index is 1.39. The summed E-state index contributed by atoms with van der Waals surface area (Å²) >= 11 is 0. The molecule has 0 bridgehead atoms. The van der Waals surface area contributed by atoms with Crippen LogP contribution in [0.15, 0.2) is 49.1 Å². The van der Waals surface area contributed by atoms with Crippen molar-refractivity contribution in [3.63, 3.8) is 0 Å². The van der Waals surface area contributed by atoms with Gasteiger partial charge in [-0.2, -0.15) is 0 Å². The second kappa shape index (κ2) is 10.1. The SMILES string of the molecule is C=CCOc1ccccc1OCC(=O)N1CCC2(CC1)CC(=O)c1c(OC)cc(OC)cc1O2. The molecule has 2 heterocycles. The van der Waals surface area contributed by atoms with Crippen molar-refractivity contribution < 1.29 is 33.3 Å². The molecule has 2 aliphatic rings. The van der Waals surface area contributed by atoms with Gasteiger partial charge in [-0.1, -0.05) is 24.8 Å². The Morgan fingerprint density at radius 2 is 1.79 bits per heavy atom. The Morgan fingerprint density at radius 1 is 1.09 bits per heavy atom. The van der Waals surface area contributed by atoms with Gasteiger partial charge >= 0.3 is 0 Å². The van der Waals surface area contributed by atoms with Crippen molar-refractivity contribution >= 4 is 11.7 Å². The molecule has 8 nitrogen and oxygen atoms in total. The molecule has 0 saturated carbocycles. The summed E-state index contributed by atoms with van der Waals surface area (Å²) in [5.41, 5.74) is -0.206. The molecule has 0 unspecified atom stereocenters. The minimum atomic E-state index is -0.649. The third-order valence-electron chi connectivity index (χ3n) is 6.17. The summed E-state index contributed by atoms with van der Waals surface area (Å²) in [5, 5.41) is 0. The molecule has 1 fully saturated rings. The smallest absolute Gasteiger partial charge is 0.260 e. The predicted molar refractivity (Wildman–Crippen MR) is 125 cm³/mol. The fraction of sp³-hybridized carbons (Fsp3) is 0.385. The zero-order chi connectivity index (χ0) is 24.1. The second-order valence-corrected chi connectivity index (χ2v) is 8.30. The van der Waals surface area contributed by atoms with Gasteiger partial charge in [0.2, 0.25) is 0 Å². The average Bonchev–Trinajstić information content (AvgIpc) is 2.85. The van der Waals surface area contributed by atoms with Crippen LogP contribution in [0.25, 0.3) is 0 Å². The first-order valence-corrected chi connectivity index (χ1v) is 11.2. The third kappa shape index (κ3) is 4.81. The average molecular weight is 468 g/mol. The highest BCUT2D eigenvalue weighted by molar-refractivity contribution is 6.03. The lowest BCUT2D eigenvalue weighted by Crippen LogP contribution is -2.53. The quantitative estimate of drug-likeness (QED) is 0.548. The van der Waals surface area contributed by atoms with Gasteiger partial charge in [0.25, 0.3) is 5.91 Å². The Hall–Kier alpha value is -3.68. The minimum absolute atomic E-state index is 0.0278. The van der Waals surface area contributed by atoms with E-state index in [1.807, 2.05) is 12.1 Å². The van der Waals surface area contributed by atoms with Crippen LogP contribution in [0.1, 0.15) is 29.6 Å². The number of rotatable bonds is 8. The first kappa shape index (κ1) is 23.5. The number of nitrogens with zero attached hydrogens (tertiary/aromatic N) is 1. The van der Waals surface area contributed by atoms with Crippen molar-refractivity contribution in [3.8, 4) is 28.7 Å². The summed E-state index contributed by atoms with van der Waals surface area (Å²) in [5.74, 6) is 2.38. The lowest BCUT2D eigenvalue weighted by molar-refractivity contribution is -0.136. The molecular weight excluding hydrogens is 438 g/mol. The highest BCUT2D eigenvalue weighted by atomic mass is 16.5. The highest BCUT2D eigenvalue weighted by Gasteiger charge is 2.45. The van der Waals surface area contributed by atoms with Gasteiger partial charge in [-0.15, -0.1) is 0 Å². The first-order chi connectivity index (χ1) is 16.5. The summed E-state index contributed by atoms with van der Waals surface area (Å²) in [6.45, 7) is 4.84. The van der Waals surface area contributed by atoms with Gasteiger partial charge in [0.1, 0.15) is 35.0 Å². The van der Waals surface area contributed by atoms with Crippen LogP contribution in [-0.2, 0) is 4.79 Å². The molecule has 0 N–H and O–H groups in total. The molecule has 0 aliphatic carbocycles. The molecule has 8 heteroatoms. The molecule has 2 aliphatic heterocycles. The number of amides is 1. The van der Waals surface area contributed by atoms with Crippen LogP contribution in [0.5, 0.6) is 28.7 Å². The van der Waals surface area contributed by atoms with Crippen LogP contribution in [0.2, 0.25) is 0 Å². The third-order valence-corrected chi connectivity index (χ3v) is 6.17. The van der Waals surface area contributed by atoms with Gasteiger partial charge in [-0.25, -0.2) is 0 Å². The number of benzene rings is 2. The van der Waals surface area contributed by atoms with Gasteiger partial charge in [-0.05, 0) is 12.1 Å². The van der Waals surface area contributed by atoms with Crippen LogP contribution >= 0.6 is 0 Å². The molecule has 1 amide bonds. The van der Waals surface area contributed by atoms with E-state index in [4.69, 9.17) is 23.7 Å². The molecule has 2 aromatic rings. The Kier molecular flexibility index (Phi) is 6.95. The van der Waals surface area contributed by atoms with E-state index in [1.54, 1.807) is 42.4 Å². The number of hydrogen-bond donors (Lipinski definition) is 0. The Morgan fingerprint density at radius 3 is 2.44 bits per heavy atom. The van der Waals surface area contributed by atoms with Gasteiger partial charge in [0.05, 0.1) is 20.6 Å². The van der Waals surface area contributed by atoms with E-state index in [2.05, 4.69) is 6.58 Å². The van der Waals surface area contributed by atoms with E-state index in [9.17, 15) is 9.59 Å². The summed E-state index contributed by atoms with van der Waals surface area (Å²) in [7, 11) is 3.07. The van der Waals surface area contributed by atoms with Crippen molar-refractivity contribution in [2.24, 2.45) is 0 Å². The molecular formula is C26H29NO7. The van der Waals surface area contributed by atoms with Crippen LogP contribution in [0.3, 0.4) is 0 Å². The maximum atomic E-state index is 13.0. The zero-order valence-corrected chi connectivity index (χ0v) is 19.5. The normalized spacial score (nSPS) is 16.3. The van der Waals surface area contributed by atoms with Gasteiger partial charge in [0, 0.05) is 38.1 Å². The van der Waals surface area contributed by atoms with Crippen LogP contribution in [0, 0.1) is 0 Å². The number of methoxy groups -OCH3 is 2. The van der Waals surface area contributed by atoms with Gasteiger partial charge in [0.15, 0.2) is 23.9 Å². The van der Waals surface area contributed by atoms with Crippen molar-refractivity contribution in [1.82, 2.24) is 4.90 Å². The van der Waals surface area contributed by atoms with E-state index >= 15 is 0 Å². The van der Waals surface area contributed by atoms with Crippen molar-refractivity contribution in [2.45, 2.75) is 24.9 Å². The molecule has 2 aromatic carbocycles. The summed E-state index contributed by atoms with van der Waals surface area (Å²) in [6, 6.07) is 10.6. The minimum Gasteiger partial charge on any atom is -0.496 e. The van der Waals surface area contributed by atoms with Gasteiger partial charge < -0.3 is 28.6 Å². The van der Waals surface area contributed by atoms with Crippen molar-refractivity contribution in [1.29, 1.82) is 0 Å². The second-order valence-electron chi connectivity index (χ2n) is 8.30. The van der Waals surface area contributed by atoms with E-state index in [-0.39, 0.29) is 24.7 Å². The highest BCUT2D eigenvalue weighted by Crippen LogP contribution is 2.44. The lowest BCUT2D eigenvalue weighted by Gasteiger charge is -2.44. The largest absolute Gasteiger partial charge is 0.496 e. The molecule has 0 atom stereocenters. The number of likely N-dealkylation sites (tertiary alicyclic amines) is 1. The van der Waals surface area contributed by atoms with E-state index in [0.717, 1.165) is 0 Å². The monoisotopic (exact) mass is 467 g/mol. The fourth-order valence-electron chi connectivity index (χ4n) is 4.36. The zero-order valence-electron chi connectivity index (χ0n) is 19.5. The van der Waals surface area contributed by atoms with Crippen LogP contribution in [0.4, 0.5) is 0 Å². The topological polar surface area (TPSA) is 83.5 Å². The van der Waals surface area contributed by atoms with Gasteiger partial charge in [-0.3, -0.25) is 9.59 Å². The summed E-state index contributed by atoms with van der Waals surface area (Å²) < 4.78 is 28.4. The number of ketones is 1. The molecule has 4 rings (SSSR count). The number of carbonyl (C=O) groups excluding carboxylic acids is 2. The number of fused-ring (bicyclic) bond motifs is 1. The molecule has 1 spiro atoms. The van der Waals surface area contributed by atoms with E-state index < -0.39 is 5.60 Å². The maximum absolute atomic E-state index is 13.0. The molecule has 1 saturated heterocycles.